The SMILES string of the molecule is CN(C)c1ccc(CCCNC(=O)Cc2cccc(Br)c2)cc1. The van der Waals surface area contributed by atoms with Crippen LogP contribution in [-0.4, -0.2) is 26.5 Å². The first-order chi connectivity index (χ1) is 11.0. The van der Waals surface area contributed by atoms with Gasteiger partial charge in [0.2, 0.25) is 5.91 Å². The third-order valence-corrected chi connectivity index (χ3v) is 4.16. The molecule has 0 saturated carbocycles. The average Bonchev–Trinajstić information content (AvgIpc) is 2.52. The van der Waals surface area contributed by atoms with Crippen LogP contribution in [0.4, 0.5) is 5.69 Å². The number of carbonyl (C=O) groups excluding carboxylic acids is 1. The summed E-state index contributed by atoms with van der Waals surface area (Å²) in [6.45, 7) is 0.711. The van der Waals surface area contributed by atoms with E-state index in [4.69, 9.17) is 0 Å². The Bertz CT molecular complexity index is 638. The molecule has 0 radical (unpaired) electrons. The smallest absolute Gasteiger partial charge is 0.224 e. The van der Waals surface area contributed by atoms with E-state index in [9.17, 15) is 4.79 Å². The maximum atomic E-state index is 11.9. The van der Waals surface area contributed by atoms with Gasteiger partial charge in [0, 0.05) is 30.8 Å². The minimum atomic E-state index is 0.0751. The van der Waals surface area contributed by atoms with Crippen LogP contribution in [0, 0.1) is 0 Å². The van der Waals surface area contributed by atoms with Crippen LogP contribution in [0.25, 0.3) is 0 Å². The highest BCUT2D eigenvalue weighted by atomic mass is 79.9. The van der Waals surface area contributed by atoms with Crippen molar-refractivity contribution in [1.29, 1.82) is 0 Å². The van der Waals surface area contributed by atoms with Gasteiger partial charge in [0.1, 0.15) is 0 Å². The molecule has 0 fully saturated rings. The van der Waals surface area contributed by atoms with Gasteiger partial charge in [0.25, 0.3) is 0 Å². The van der Waals surface area contributed by atoms with Gasteiger partial charge in [-0.05, 0) is 48.2 Å². The number of amides is 1. The number of nitrogens with one attached hydrogen (secondary N) is 1. The number of nitrogens with zero attached hydrogens (tertiary/aromatic N) is 1. The number of halogens is 1. The molecule has 3 nitrogen and oxygen atoms in total. The Morgan fingerprint density at radius 1 is 1.09 bits per heavy atom. The van der Waals surface area contributed by atoms with Crippen LogP contribution in [0.2, 0.25) is 0 Å². The summed E-state index contributed by atoms with van der Waals surface area (Å²) < 4.78 is 1.00. The van der Waals surface area contributed by atoms with Crippen molar-refractivity contribution in [2.45, 2.75) is 19.3 Å². The molecule has 4 heteroatoms. The third kappa shape index (κ3) is 6.06. The van der Waals surface area contributed by atoms with Crippen LogP contribution in [0.15, 0.2) is 53.0 Å². The van der Waals surface area contributed by atoms with Crippen molar-refractivity contribution in [2.24, 2.45) is 0 Å². The summed E-state index contributed by atoms with van der Waals surface area (Å²) in [4.78, 5) is 14.0. The van der Waals surface area contributed by atoms with E-state index >= 15 is 0 Å². The lowest BCUT2D eigenvalue weighted by atomic mass is 10.1. The first kappa shape index (κ1) is 17.5. The van der Waals surface area contributed by atoms with E-state index in [0.717, 1.165) is 22.9 Å². The molecule has 0 aromatic heterocycles. The molecule has 0 atom stereocenters. The van der Waals surface area contributed by atoms with Crippen LogP contribution in [0.3, 0.4) is 0 Å². The lowest BCUT2D eigenvalue weighted by Gasteiger charge is -2.12. The van der Waals surface area contributed by atoms with Gasteiger partial charge in [-0.1, -0.05) is 40.2 Å². The number of rotatable bonds is 7. The van der Waals surface area contributed by atoms with Crippen LogP contribution < -0.4 is 10.2 Å². The van der Waals surface area contributed by atoms with Gasteiger partial charge in [0.15, 0.2) is 0 Å². The molecule has 0 aliphatic rings. The fraction of sp³-hybridized carbons (Fsp3) is 0.316. The monoisotopic (exact) mass is 374 g/mol. The first-order valence-electron chi connectivity index (χ1n) is 7.82. The molecule has 2 aromatic rings. The normalized spacial score (nSPS) is 10.4. The fourth-order valence-electron chi connectivity index (χ4n) is 2.38. The Morgan fingerprint density at radius 2 is 1.83 bits per heavy atom. The average molecular weight is 375 g/mol. The summed E-state index contributed by atoms with van der Waals surface area (Å²) in [5, 5.41) is 2.99. The molecule has 2 aromatic carbocycles. The topological polar surface area (TPSA) is 32.3 Å². The van der Waals surface area contributed by atoms with E-state index in [-0.39, 0.29) is 5.91 Å². The second-order valence-electron chi connectivity index (χ2n) is 5.82. The summed E-state index contributed by atoms with van der Waals surface area (Å²) in [6, 6.07) is 16.4. The molecule has 122 valence electrons. The molecule has 0 aliphatic heterocycles. The van der Waals surface area contributed by atoms with Gasteiger partial charge in [-0.25, -0.2) is 0 Å². The van der Waals surface area contributed by atoms with Crippen LogP contribution >= 0.6 is 15.9 Å². The summed E-state index contributed by atoms with van der Waals surface area (Å²) in [5.41, 5.74) is 3.53. The summed E-state index contributed by atoms with van der Waals surface area (Å²) >= 11 is 3.42. The number of hydrogen-bond acceptors (Lipinski definition) is 2. The Balaban J connectivity index is 1.69. The van der Waals surface area contributed by atoms with Crippen LogP contribution in [-0.2, 0) is 17.6 Å². The highest BCUT2D eigenvalue weighted by Gasteiger charge is 2.03. The van der Waals surface area contributed by atoms with E-state index in [1.807, 2.05) is 38.4 Å². The van der Waals surface area contributed by atoms with E-state index in [1.165, 1.54) is 11.3 Å². The summed E-state index contributed by atoms with van der Waals surface area (Å²) in [6.07, 6.45) is 2.35. The molecule has 0 heterocycles. The van der Waals surface area contributed by atoms with Crippen LogP contribution in [0.5, 0.6) is 0 Å². The Morgan fingerprint density at radius 3 is 2.48 bits per heavy atom. The van der Waals surface area contributed by atoms with Gasteiger partial charge in [-0.2, -0.15) is 0 Å². The van der Waals surface area contributed by atoms with Gasteiger partial charge in [-0.15, -0.1) is 0 Å². The number of carbonyl (C=O) groups is 1. The summed E-state index contributed by atoms with van der Waals surface area (Å²) in [5.74, 6) is 0.0751. The van der Waals surface area contributed by atoms with Crippen molar-refractivity contribution in [3.8, 4) is 0 Å². The van der Waals surface area contributed by atoms with Crippen molar-refractivity contribution >= 4 is 27.5 Å². The van der Waals surface area contributed by atoms with Crippen molar-refractivity contribution in [2.75, 3.05) is 25.5 Å². The van der Waals surface area contributed by atoms with Crippen LogP contribution in [0.1, 0.15) is 17.5 Å². The van der Waals surface area contributed by atoms with E-state index in [1.54, 1.807) is 0 Å². The second kappa shape index (κ2) is 8.73. The van der Waals surface area contributed by atoms with Gasteiger partial charge >= 0.3 is 0 Å². The molecule has 0 aliphatic carbocycles. The molecule has 0 saturated heterocycles. The molecule has 1 amide bonds. The van der Waals surface area contributed by atoms with Crippen molar-refractivity contribution < 1.29 is 4.79 Å². The maximum absolute atomic E-state index is 11.9. The third-order valence-electron chi connectivity index (χ3n) is 3.67. The summed E-state index contributed by atoms with van der Waals surface area (Å²) in [7, 11) is 4.08. The standard InChI is InChI=1S/C19H23BrN2O/c1-22(2)18-10-8-15(9-11-18)6-4-12-21-19(23)14-16-5-3-7-17(20)13-16/h3,5,7-11,13H,4,6,12,14H2,1-2H3,(H,21,23). The second-order valence-corrected chi connectivity index (χ2v) is 6.74. The van der Waals surface area contributed by atoms with E-state index in [0.29, 0.717) is 13.0 Å². The maximum Gasteiger partial charge on any atom is 0.224 e. The van der Waals surface area contributed by atoms with Crippen molar-refractivity contribution in [1.82, 2.24) is 5.32 Å². The van der Waals surface area contributed by atoms with Gasteiger partial charge < -0.3 is 10.2 Å². The quantitative estimate of drug-likeness (QED) is 0.747. The molecule has 2 rings (SSSR count). The molecular weight excluding hydrogens is 352 g/mol. The van der Waals surface area contributed by atoms with Crippen molar-refractivity contribution in [3.63, 3.8) is 0 Å². The van der Waals surface area contributed by atoms with Gasteiger partial charge in [-0.3, -0.25) is 4.79 Å². The number of hydrogen-bond donors (Lipinski definition) is 1. The molecule has 0 unspecified atom stereocenters. The zero-order valence-corrected chi connectivity index (χ0v) is 15.3. The Labute approximate surface area is 146 Å². The lowest BCUT2D eigenvalue weighted by Crippen LogP contribution is -2.26. The fourth-order valence-corrected chi connectivity index (χ4v) is 2.82. The zero-order valence-electron chi connectivity index (χ0n) is 13.7. The Kier molecular flexibility index (Phi) is 6.66. The Hall–Kier alpha value is -1.81. The highest BCUT2D eigenvalue weighted by molar-refractivity contribution is 9.10. The highest BCUT2D eigenvalue weighted by Crippen LogP contribution is 2.13. The van der Waals surface area contributed by atoms with Gasteiger partial charge in [0.05, 0.1) is 6.42 Å². The largest absolute Gasteiger partial charge is 0.378 e. The van der Waals surface area contributed by atoms with E-state index < -0.39 is 0 Å². The first-order valence-corrected chi connectivity index (χ1v) is 8.61. The minimum Gasteiger partial charge on any atom is -0.378 e. The van der Waals surface area contributed by atoms with Crippen molar-refractivity contribution in [3.05, 3.63) is 64.1 Å². The molecule has 0 spiro atoms. The molecule has 23 heavy (non-hydrogen) atoms. The molecule has 1 N–H and O–H groups in total. The number of benzene rings is 2. The zero-order chi connectivity index (χ0) is 16.7. The predicted octanol–water partition coefficient (Wildman–Crippen LogP) is 3.81. The molecular formula is C19H23BrN2O. The predicted molar refractivity (Wildman–Crippen MR) is 99.9 cm³/mol. The van der Waals surface area contributed by atoms with E-state index in [2.05, 4.69) is 50.4 Å². The lowest BCUT2D eigenvalue weighted by molar-refractivity contribution is -0.120. The minimum absolute atomic E-state index is 0.0751. The number of anilines is 1. The number of aryl methyl sites for hydroxylation is 1. The molecule has 0 bridgehead atoms.